The summed E-state index contributed by atoms with van der Waals surface area (Å²) in [6, 6.07) is 6.11. The van der Waals surface area contributed by atoms with Crippen molar-refractivity contribution in [2.45, 2.75) is 25.8 Å². The molecule has 1 atom stereocenters. The van der Waals surface area contributed by atoms with Crippen molar-refractivity contribution in [3.05, 3.63) is 35.4 Å². The number of likely N-dealkylation sites (tertiary alicyclic amines) is 1. The minimum absolute atomic E-state index is 0.00384. The van der Waals surface area contributed by atoms with Crippen molar-refractivity contribution >= 4 is 17.8 Å². The van der Waals surface area contributed by atoms with Gasteiger partial charge in [0.1, 0.15) is 0 Å². The number of carbonyl (C=O) groups excluding carboxylic acids is 2. The topological polar surface area (TPSA) is 86.7 Å². The van der Waals surface area contributed by atoms with Crippen LogP contribution >= 0.6 is 0 Å². The Hall–Kier alpha value is -2.37. The molecule has 6 heteroatoms. The summed E-state index contributed by atoms with van der Waals surface area (Å²) in [6.07, 6.45) is 1.61. The monoisotopic (exact) mass is 290 g/mol. The molecule has 2 rings (SSSR count). The summed E-state index contributed by atoms with van der Waals surface area (Å²) in [5.41, 5.74) is 0.192. The molecule has 0 aliphatic carbocycles. The van der Waals surface area contributed by atoms with Crippen LogP contribution in [-0.2, 0) is 4.79 Å². The Kier molecular flexibility index (Phi) is 4.57. The third kappa shape index (κ3) is 3.59. The molecule has 2 N–H and O–H groups in total. The van der Waals surface area contributed by atoms with Gasteiger partial charge in [-0.05, 0) is 25.0 Å². The first-order valence-corrected chi connectivity index (χ1v) is 6.87. The second kappa shape index (κ2) is 6.39. The summed E-state index contributed by atoms with van der Waals surface area (Å²) in [4.78, 5) is 36.4. The largest absolute Gasteiger partial charge is 0.478 e. The fourth-order valence-electron chi connectivity index (χ4n) is 2.59. The lowest BCUT2D eigenvalue weighted by Gasteiger charge is -2.33. The van der Waals surface area contributed by atoms with Crippen LogP contribution in [0.5, 0.6) is 0 Å². The van der Waals surface area contributed by atoms with E-state index in [4.69, 9.17) is 5.11 Å². The van der Waals surface area contributed by atoms with Crippen LogP contribution in [0.1, 0.15) is 40.5 Å². The average molecular weight is 290 g/mol. The molecule has 1 unspecified atom stereocenters. The molecule has 2 amide bonds. The molecule has 1 aliphatic rings. The molecule has 0 radical (unpaired) electrons. The first-order chi connectivity index (χ1) is 9.99. The van der Waals surface area contributed by atoms with Crippen molar-refractivity contribution in [1.82, 2.24) is 10.2 Å². The molecule has 1 fully saturated rings. The van der Waals surface area contributed by atoms with Crippen LogP contribution in [0.3, 0.4) is 0 Å². The van der Waals surface area contributed by atoms with Gasteiger partial charge in [-0.25, -0.2) is 4.79 Å². The van der Waals surface area contributed by atoms with Gasteiger partial charge in [0.2, 0.25) is 5.91 Å². The van der Waals surface area contributed by atoms with Crippen LogP contribution in [0, 0.1) is 0 Å². The predicted molar refractivity (Wildman–Crippen MR) is 76.1 cm³/mol. The van der Waals surface area contributed by atoms with E-state index < -0.39 is 5.97 Å². The Balaban J connectivity index is 2.16. The molecule has 112 valence electrons. The molecule has 1 aromatic rings. The number of hydrogen-bond acceptors (Lipinski definition) is 3. The molecular weight excluding hydrogens is 272 g/mol. The molecule has 0 bridgehead atoms. The zero-order valence-corrected chi connectivity index (χ0v) is 11.8. The highest BCUT2D eigenvalue weighted by molar-refractivity contribution is 6.04. The Labute approximate surface area is 122 Å². The molecular formula is C15H18N2O4. The van der Waals surface area contributed by atoms with Gasteiger partial charge in [0.05, 0.1) is 11.1 Å². The Morgan fingerprint density at radius 2 is 1.90 bits per heavy atom. The minimum Gasteiger partial charge on any atom is -0.478 e. The van der Waals surface area contributed by atoms with Crippen LogP contribution in [-0.4, -0.2) is 46.9 Å². The van der Waals surface area contributed by atoms with E-state index in [-0.39, 0.29) is 29.0 Å². The number of hydrogen-bond donors (Lipinski definition) is 2. The van der Waals surface area contributed by atoms with E-state index in [0.717, 1.165) is 12.8 Å². The standard InChI is InChI=1S/C15H18N2O4/c1-10(18)16-11-5-4-8-17(9-11)14(19)12-6-2-3-7-13(12)15(20)21/h2-3,6-7,11H,4-5,8-9H2,1H3,(H,16,18)(H,20,21). The van der Waals surface area contributed by atoms with Gasteiger partial charge in [-0.3, -0.25) is 9.59 Å². The van der Waals surface area contributed by atoms with Gasteiger partial charge in [0.15, 0.2) is 0 Å². The molecule has 1 heterocycles. The smallest absolute Gasteiger partial charge is 0.336 e. The van der Waals surface area contributed by atoms with Crippen molar-refractivity contribution < 1.29 is 19.5 Å². The fraction of sp³-hybridized carbons (Fsp3) is 0.400. The highest BCUT2D eigenvalue weighted by Gasteiger charge is 2.27. The SMILES string of the molecule is CC(=O)NC1CCCN(C(=O)c2ccccc2C(=O)O)C1. The number of carboxylic acid groups (broad SMARTS) is 1. The lowest BCUT2D eigenvalue weighted by Crippen LogP contribution is -2.49. The Bertz CT molecular complexity index is 571. The number of nitrogens with zero attached hydrogens (tertiary/aromatic N) is 1. The summed E-state index contributed by atoms with van der Waals surface area (Å²) in [6.45, 7) is 2.43. The van der Waals surface area contributed by atoms with Crippen molar-refractivity contribution in [1.29, 1.82) is 0 Å². The van der Waals surface area contributed by atoms with E-state index >= 15 is 0 Å². The van der Waals surface area contributed by atoms with Crippen molar-refractivity contribution in [2.24, 2.45) is 0 Å². The first-order valence-electron chi connectivity index (χ1n) is 6.87. The van der Waals surface area contributed by atoms with E-state index in [9.17, 15) is 14.4 Å². The van der Waals surface area contributed by atoms with Gasteiger partial charge in [-0.2, -0.15) is 0 Å². The summed E-state index contributed by atoms with van der Waals surface area (Å²) in [5.74, 6) is -1.54. The van der Waals surface area contributed by atoms with E-state index in [1.165, 1.54) is 19.1 Å². The van der Waals surface area contributed by atoms with Gasteiger partial charge in [0, 0.05) is 26.1 Å². The van der Waals surface area contributed by atoms with Gasteiger partial charge >= 0.3 is 5.97 Å². The van der Waals surface area contributed by atoms with E-state index in [0.29, 0.717) is 13.1 Å². The predicted octanol–water partition coefficient (Wildman–Crippen LogP) is 1.13. The van der Waals surface area contributed by atoms with Crippen LogP contribution in [0.25, 0.3) is 0 Å². The van der Waals surface area contributed by atoms with Crippen molar-refractivity contribution in [3.8, 4) is 0 Å². The lowest BCUT2D eigenvalue weighted by atomic mass is 10.0. The number of benzene rings is 1. The Morgan fingerprint density at radius 1 is 1.24 bits per heavy atom. The van der Waals surface area contributed by atoms with Crippen molar-refractivity contribution in [3.63, 3.8) is 0 Å². The lowest BCUT2D eigenvalue weighted by molar-refractivity contribution is -0.120. The maximum absolute atomic E-state index is 12.5. The quantitative estimate of drug-likeness (QED) is 0.873. The molecule has 21 heavy (non-hydrogen) atoms. The highest BCUT2D eigenvalue weighted by atomic mass is 16.4. The minimum atomic E-state index is -1.12. The number of piperidine rings is 1. The molecule has 6 nitrogen and oxygen atoms in total. The molecule has 0 aromatic heterocycles. The summed E-state index contributed by atoms with van der Waals surface area (Å²) < 4.78 is 0. The zero-order chi connectivity index (χ0) is 15.4. The maximum Gasteiger partial charge on any atom is 0.336 e. The first kappa shape index (κ1) is 15.0. The Morgan fingerprint density at radius 3 is 2.52 bits per heavy atom. The van der Waals surface area contributed by atoms with Crippen LogP contribution in [0.4, 0.5) is 0 Å². The summed E-state index contributed by atoms with van der Waals surface area (Å²) in [5, 5.41) is 12.0. The second-order valence-electron chi connectivity index (χ2n) is 5.14. The maximum atomic E-state index is 12.5. The third-order valence-electron chi connectivity index (χ3n) is 3.50. The number of aromatic carboxylic acids is 1. The van der Waals surface area contributed by atoms with Gasteiger partial charge in [-0.1, -0.05) is 12.1 Å². The summed E-state index contributed by atoms with van der Waals surface area (Å²) in [7, 11) is 0. The number of nitrogens with one attached hydrogen (secondary N) is 1. The molecule has 1 saturated heterocycles. The van der Waals surface area contributed by atoms with Crippen molar-refractivity contribution in [2.75, 3.05) is 13.1 Å². The van der Waals surface area contributed by atoms with E-state index in [2.05, 4.69) is 5.32 Å². The van der Waals surface area contributed by atoms with Crippen LogP contribution < -0.4 is 5.32 Å². The highest BCUT2D eigenvalue weighted by Crippen LogP contribution is 2.17. The molecule has 1 aromatic carbocycles. The van der Waals surface area contributed by atoms with E-state index in [1.807, 2.05) is 0 Å². The molecule has 0 spiro atoms. The molecule has 1 aliphatic heterocycles. The number of carboxylic acids is 1. The fourth-order valence-corrected chi connectivity index (χ4v) is 2.59. The van der Waals surface area contributed by atoms with Gasteiger partial charge in [-0.15, -0.1) is 0 Å². The zero-order valence-electron chi connectivity index (χ0n) is 11.8. The number of amides is 2. The number of rotatable bonds is 3. The van der Waals surface area contributed by atoms with Gasteiger partial charge < -0.3 is 15.3 Å². The number of carbonyl (C=O) groups is 3. The summed E-state index contributed by atoms with van der Waals surface area (Å²) >= 11 is 0. The average Bonchev–Trinajstić information content (AvgIpc) is 2.46. The third-order valence-corrected chi connectivity index (χ3v) is 3.50. The molecule has 0 saturated carbocycles. The van der Waals surface area contributed by atoms with Crippen LogP contribution in [0.2, 0.25) is 0 Å². The second-order valence-corrected chi connectivity index (χ2v) is 5.14. The van der Waals surface area contributed by atoms with E-state index in [1.54, 1.807) is 17.0 Å². The van der Waals surface area contributed by atoms with Gasteiger partial charge in [0.25, 0.3) is 5.91 Å². The normalized spacial score (nSPS) is 18.1. The van der Waals surface area contributed by atoms with Crippen LogP contribution in [0.15, 0.2) is 24.3 Å².